The van der Waals surface area contributed by atoms with Crippen molar-refractivity contribution < 1.29 is 14.3 Å². The molecule has 0 aromatic heterocycles. The van der Waals surface area contributed by atoms with Crippen molar-refractivity contribution >= 4 is 5.91 Å². The molecule has 1 aromatic rings. The smallest absolute Gasteiger partial charge is 0.256 e. The Morgan fingerprint density at radius 3 is 2.55 bits per heavy atom. The fourth-order valence-corrected chi connectivity index (χ4v) is 2.60. The summed E-state index contributed by atoms with van der Waals surface area (Å²) in [5.74, 6) is -0.542. The van der Waals surface area contributed by atoms with Crippen LogP contribution < -0.4 is 5.32 Å². The molecule has 5 heteroatoms. The molecule has 1 aromatic carbocycles. The molecule has 0 radical (unpaired) electrons. The van der Waals surface area contributed by atoms with Gasteiger partial charge in [-0.15, -0.1) is 0 Å². The number of rotatable bonds is 4. The Morgan fingerprint density at radius 2 is 1.95 bits per heavy atom. The second-order valence-electron chi connectivity index (χ2n) is 7.09. The number of halogens is 1. The number of likely N-dealkylation sites (tertiary alicyclic amines) is 1. The number of benzene rings is 1. The van der Waals surface area contributed by atoms with E-state index in [0.717, 1.165) is 12.0 Å². The molecule has 2 rings (SSSR count). The van der Waals surface area contributed by atoms with Gasteiger partial charge in [-0.05, 0) is 51.3 Å². The molecule has 22 heavy (non-hydrogen) atoms. The predicted octanol–water partition coefficient (Wildman–Crippen LogP) is 2.07. The van der Waals surface area contributed by atoms with Gasteiger partial charge in [-0.25, -0.2) is 4.39 Å². The van der Waals surface area contributed by atoms with Gasteiger partial charge in [0.25, 0.3) is 5.91 Å². The van der Waals surface area contributed by atoms with Gasteiger partial charge in [0.1, 0.15) is 5.82 Å². The van der Waals surface area contributed by atoms with E-state index in [2.05, 4.69) is 5.32 Å². The molecule has 1 heterocycles. The van der Waals surface area contributed by atoms with Crippen molar-refractivity contribution in [3.63, 3.8) is 0 Å². The van der Waals surface area contributed by atoms with Gasteiger partial charge in [-0.3, -0.25) is 4.79 Å². The van der Waals surface area contributed by atoms with Crippen LogP contribution in [0.1, 0.15) is 39.2 Å². The van der Waals surface area contributed by atoms with Crippen LogP contribution in [0.5, 0.6) is 0 Å². The highest BCUT2D eigenvalue weighted by Gasteiger charge is 2.42. The second-order valence-corrected chi connectivity index (χ2v) is 7.09. The quantitative estimate of drug-likeness (QED) is 0.895. The van der Waals surface area contributed by atoms with Crippen LogP contribution in [0.25, 0.3) is 0 Å². The summed E-state index contributed by atoms with van der Waals surface area (Å²) in [6.45, 7) is 7.26. The lowest BCUT2D eigenvalue weighted by atomic mass is 9.90. The lowest BCUT2D eigenvalue weighted by Crippen LogP contribution is -2.59. The maximum atomic E-state index is 12.9. The lowest BCUT2D eigenvalue weighted by Gasteiger charge is -2.39. The Hall–Kier alpha value is -1.46. The normalized spacial score (nSPS) is 23.0. The van der Waals surface area contributed by atoms with E-state index in [9.17, 15) is 14.3 Å². The van der Waals surface area contributed by atoms with E-state index in [0.29, 0.717) is 19.5 Å². The molecule has 0 spiro atoms. The third-order valence-electron chi connectivity index (χ3n) is 3.90. The maximum Gasteiger partial charge on any atom is 0.256 e. The molecule has 1 aliphatic rings. The molecule has 1 amide bonds. The zero-order valence-electron chi connectivity index (χ0n) is 13.5. The summed E-state index contributed by atoms with van der Waals surface area (Å²) in [6.07, 6.45) is 1.23. The van der Waals surface area contributed by atoms with E-state index in [-0.39, 0.29) is 23.8 Å². The van der Waals surface area contributed by atoms with Crippen molar-refractivity contribution in [3.05, 3.63) is 35.6 Å². The zero-order valence-corrected chi connectivity index (χ0v) is 13.5. The average Bonchev–Trinajstić information content (AvgIpc) is 2.44. The number of nitrogens with one attached hydrogen (secondary N) is 1. The van der Waals surface area contributed by atoms with Crippen LogP contribution in [0.2, 0.25) is 0 Å². The van der Waals surface area contributed by atoms with E-state index < -0.39 is 5.60 Å². The van der Waals surface area contributed by atoms with E-state index in [1.807, 2.05) is 20.8 Å². The molecule has 0 saturated carbocycles. The molecule has 1 saturated heterocycles. The van der Waals surface area contributed by atoms with E-state index in [4.69, 9.17) is 0 Å². The SMILES string of the molecule is CC(C)(C)NC[C@@]1(O)CCCN(Cc2ccc(F)cc2)C1=O. The van der Waals surface area contributed by atoms with Crippen molar-refractivity contribution in [3.8, 4) is 0 Å². The Balaban J connectivity index is 2.04. The van der Waals surface area contributed by atoms with Crippen LogP contribution in [0.3, 0.4) is 0 Å². The lowest BCUT2D eigenvalue weighted by molar-refractivity contribution is -0.157. The molecule has 0 unspecified atom stereocenters. The molecule has 1 fully saturated rings. The molecular formula is C17H25FN2O2. The van der Waals surface area contributed by atoms with Gasteiger partial charge in [0.2, 0.25) is 0 Å². The van der Waals surface area contributed by atoms with Gasteiger partial charge in [0.05, 0.1) is 0 Å². The first-order valence-corrected chi connectivity index (χ1v) is 7.71. The highest BCUT2D eigenvalue weighted by molar-refractivity contribution is 5.86. The molecule has 1 atom stereocenters. The summed E-state index contributed by atoms with van der Waals surface area (Å²) in [5.41, 5.74) is -0.649. The van der Waals surface area contributed by atoms with Gasteiger partial charge in [-0.2, -0.15) is 0 Å². The van der Waals surface area contributed by atoms with Crippen molar-refractivity contribution in [2.45, 2.75) is 51.3 Å². The number of β-amino-alcohol motifs (C(OH)–C–C–N with tert-alkyl or cyclic N) is 1. The van der Waals surface area contributed by atoms with Crippen LogP contribution in [0.15, 0.2) is 24.3 Å². The Kier molecular flexibility index (Phi) is 4.87. The fourth-order valence-electron chi connectivity index (χ4n) is 2.60. The van der Waals surface area contributed by atoms with Crippen LogP contribution in [-0.2, 0) is 11.3 Å². The first-order valence-electron chi connectivity index (χ1n) is 7.71. The minimum atomic E-state index is -1.36. The van der Waals surface area contributed by atoms with Crippen molar-refractivity contribution in [2.75, 3.05) is 13.1 Å². The number of piperidine rings is 1. The van der Waals surface area contributed by atoms with Gasteiger partial charge >= 0.3 is 0 Å². The fraction of sp³-hybridized carbons (Fsp3) is 0.588. The summed E-state index contributed by atoms with van der Waals surface area (Å²) in [5, 5.41) is 13.9. The van der Waals surface area contributed by atoms with Crippen molar-refractivity contribution in [2.24, 2.45) is 0 Å². The van der Waals surface area contributed by atoms with E-state index >= 15 is 0 Å². The minimum absolute atomic E-state index is 0.157. The molecule has 122 valence electrons. The van der Waals surface area contributed by atoms with E-state index in [1.165, 1.54) is 12.1 Å². The number of carbonyl (C=O) groups excluding carboxylic acids is 1. The highest BCUT2D eigenvalue weighted by atomic mass is 19.1. The molecule has 4 nitrogen and oxygen atoms in total. The average molecular weight is 308 g/mol. The van der Waals surface area contributed by atoms with Gasteiger partial charge < -0.3 is 15.3 Å². The summed E-state index contributed by atoms with van der Waals surface area (Å²) in [4.78, 5) is 14.3. The van der Waals surface area contributed by atoms with Crippen LogP contribution in [0.4, 0.5) is 4.39 Å². The topological polar surface area (TPSA) is 52.6 Å². The van der Waals surface area contributed by atoms with Crippen LogP contribution in [-0.4, -0.2) is 40.1 Å². The predicted molar refractivity (Wildman–Crippen MR) is 83.8 cm³/mol. The second kappa shape index (κ2) is 6.34. The first-order chi connectivity index (χ1) is 10.2. The Morgan fingerprint density at radius 1 is 1.32 bits per heavy atom. The molecular weight excluding hydrogens is 283 g/mol. The van der Waals surface area contributed by atoms with Crippen LogP contribution >= 0.6 is 0 Å². The summed E-state index contributed by atoms with van der Waals surface area (Å²) in [6, 6.07) is 6.11. The van der Waals surface area contributed by atoms with Crippen molar-refractivity contribution in [1.29, 1.82) is 0 Å². The van der Waals surface area contributed by atoms with Crippen molar-refractivity contribution in [1.82, 2.24) is 10.2 Å². The van der Waals surface area contributed by atoms with Gasteiger partial charge in [0, 0.05) is 25.2 Å². The minimum Gasteiger partial charge on any atom is -0.379 e. The Labute approximate surface area is 131 Å². The number of amides is 1. The summed E-state index contributed by atoms with van der Waals surface area (Å²) >= 11 is 0. The number of carbonyl (C=O) groups is 1. The third-order valence-corrected chi connectivity index (χ3v) is 3.90. The third kappa shape index (κ3) is 4.27. The Bertz CT molecular complexity index is 524. The number of hydrogen-bond acceptors (Lipinski definition) is 3. The molecule has 1 aliphatic heterocycles. The standard InChI is InChI=1S/C17H25FN2O2/c1-16(2,3)19-12-17(22)9-4-10-20(15(17)21)11-13-5-7-14(18)8-6-13/h5-8,19,22H,4,9-12H2,1-3H3/t17-/m0/s1. The number of nitrogens with zero attached hydrogens (tertiary/aromatic N) is 1. The molecule has 2 N–H and O–H groups in total. The highest BCUT2D eigenvalue weighted by Crippen LogP contribution is 2.24. The summed E-state index contributed by atoms with van der Waals surface area (Å²) < 4.78 is 12.9. The maximum absolute atomic E-state index is 12.9. The van der Waals surface area contributed by atoms with Crippen LogP contribution in [0, 0.1) is 5.82 Å². The first kappa shape index (κ1) is 16.9. The van der Waals surface area contributed by atoms with E-state index in [1.54, 1.807) is 17.0 Å². The zero-order chi connectivity index (χ0) is 16.4. The molecule has 0 bridgehead atoms. The van der Waals surface area contributed by atoms with Gasteiger partial charge in [0.15, 0.2) is 5.60 Å². The number of hydrogen-bond donors (Lipinski definition) is 2. The monoisotopic (exact) mass is 308 g/mol. The summed E-state index contributed by atoms with van der Waals surface area (Å²) in [7, 11) is 0. The largest absolute Gasteiger partial charge is 0.379 e. The number of aliphatic hydroxyl groups is 1. The van der Waals surface area contributed by atoms with Gasteiger partial charge in [-0.1, -0.05) is 12.1 Å². The molecule has 0 aliphatic carbocycles.